The van der Waals surface area contributed by atoms with Crippen LogP contribution < -0.4 is 14.8 Å². The van der Waals surface area contributed by atoms with E-state index in [2.05, 4.69) is 5.32 Å². The van der Waals surface area contributed by atoms with Gasteiger partial charge in [-0.2, -0.15) is 0 Å². The zero-order valence-corrected chi connectivity index (χ0v) is 14.3. The van der Waals surface area contributed by atoms with E-state index in [1.165, 1.54) is 12.1 Å². The Hall–Kier alpha value is -3.07. The SMILES string of the molecule is O=C(CCN1C(=O)c2ccccc2S1(=O)=O)Nc1ccc2c(c1)OCO2. The first-order valence-electron chi connectivity index (χ1n) is 7.82. The number of nitrogens with zero attached hydrogens (tertiary/aromatic N) is 1. The summed E-state index contributed by atoms with van der Waals surface area (Å²) < 4.78 is 36.0. The van der Waals surface area contributed by atoms with E-state index >= 15 is 0 Å². The fraction of sp³-hybridized carbons (Fsp3) is 0.176. The lowest BCUT2D eigenvalue weighted by Crippen LogP contribution is -2.33. The number of benzene rings is 2. The van der Waals surface area contributed by atoms with Gasteiger partial charge >= 0.3 is 0 Å². The summed E-state index contributed by atoms with van der Waals surface area (Å²) in [5.41, 5.74) is 0.627. The lowest BCUT2D eigenvalue weighted by molar-refractivity contribution is -0.116. The fourth-order valence-electron chi connectivity index (χ4n) is 2.85. The molecular formula is C17H14N2O6S. The van der Waals surface area contributed by atoms with Crippen molar-refractivity contribution in [1.29, 1.82) is 0 Å². The van der Waals surface area contributed by atoms with Crippen molar-refractivity contribution >= 4 is 27.5 Å². The monoisotopic (exact) mass is 374 g/mol. The highest BCUT2D eigenvalue weighted by Gasteiger charge is 2.40. The lowest BCUT2D eigenvalue weighted by atomic mass is 10.2. The summed E-state index contributed by atoms with van der Waals surface area (Å²) in [5.74, 6) is 0.0874. The number of amides is 2. The molecule has 0 radical (unpaired) electrons. The molecule has 2 aromatic rings. The summed E-state index contributed by atoms with van der Waals surface area (Å²) in [5, 5.41) is 2.65. The van der Waals surface area contributed by atoms with Crippen molar-refractivity contribution in [3.05, 3.63) is 48.0 Å². The quantitative estimate of drug-likeness (QED) is 0.872. The Labute approximate surface area is 149 Å². The number of ether oxygens (including phenoxy) is 2. The van der Waals surface area contributed by atoms with Gasteiger partial charge in [0.15, 0.2) is 11.5 Å². The number of anilines is 1. The molecule has 0 spiro atoms. The molecule has 8 nitrogen and oxygen atoms in total. The van der Waals surface area contributed by atoms with E-state index < -0.39 is 21.8 Å². The minimum atomic E-state index is -3.90. The van der Waals surface area contributed by atoms with Crippen molar-refractivity contribution in [3.63, 3.8) is 0 Å². The highest BCUT2D eigenvalue weighted by Crippen LogP contribution is 2.34. The van der Waals surface area contributed by atoms with E-state index in [9.17, 15) is 18.0 Å². The molecule has 0 bridgehead atoms. The van der Waals surface area contributed by atoms with Crippen LogP contribution in [0.2, 0.25) is 0 Å². The van der Waals surface area contributed by atoms with Crippen molar-refractivity contribution in [2.45, 2.75) is 11.3 Å². The zero-order chi connectivity index (χ0) is 18.3. The predicted octanol–water partition coefficient (Wildman–Crippen LogP) is 1.59. The minimum absolute atomic E-state index is 0.0267. The number of nitrogens with one attached hydrogen (secondary N) is 1. The van der Waals surface area contributed by atoms with Crippen LogP contribution in [0.1, 0.15) is 16.8 Å². The van der Waals surface area contributed by atoms with Gasteiger partial charge in [0.25, 0.3) is 15.9 Å². The van der Waals surface area contributed by atoms with Gasteiger partial charge in [0.1, 0.15) is 4.90 Å². The number of hydrogen-bond acceptors (Lipinski definition) is 6. The van der Waals surface area contributed by atoms with Gasteiger partial charge in [-0.3, -0.25) is 9.59 Å². The Morgan fingerprint density at radius 3 is 2.69 bits per heavy atom. The van der Waals surface area contributed by atoms with Crippen LogP contribution >= 0.6 is 0 Å². The van der Waals surface area contributed by atoms with Crippen LogP contribution in [-0.4, -0.2) is 37.9 Å². The molecule has 2 heterocycles. The van der Waals surface area contributed by atoms with E-state index in [1.807, 2.05) is 0 Å². The maximum absolute atomic E-state index is 12.4. The van der Waals surface area contributed by atoms with Crippen LogP contribution in [0.15, 0.2) is 47.4 Å². The molecule has 0 fully saturated rings. The number of carbonyl (C=O) groups is 2. The molecule has 0 saturated carbocycles. The van der Waals surface area contributed by atoms with E-state index in [0.717, 1.165) is 4.31 Å². The normalized spacial score (nSPS) is 16.5. The van der Waals surface area contributed by atoms with Gasteiger partial charge in [0.05, 0.1) is 5.56 Å². The van der Waals surface area contributed by atoms with Gasteiger partial charge in [-0.05, 0) is 24.3 Å². The lowest BCUT2D eigenvalue weighted by Gasteiger charge is -2.14. The second kappa shape index (κ2) is 6.03. The Morgan fingerprint density at radius 1 is 1.12 bits per heavy atom. The molecular weight excluding hydrogens is 360 g/mol. The second-order valence-electron chi connectivity index (χ2n) is 5.74. The number of rotatable bonds is 4. The zero-order valence-electron chi connectivity index (χ0n) is 13.5. The minimum Gasteiger partial charge on any atom is -0.454 e. The summed E-state index contributed by atoms with van der Waals surface area (Å²) in [7, 11) is -3.90. The number of hydrogen-bond donors (Lipinski definition) is 1. The fourth-order valence-corrected chi connectivity index (χ4v) is 4.42. The molecule has 26 heavy (non-hydrogen) atoms. The summed E-state index contributed by atoms with van der Waals surface area (Å²) in [6.07, 6.45) is -0.159. The summed E-state index contributed by atoms with van der Waals surface area (Å²) in [4.78, 5) is 24.4. The second-order valence-corrected chi connectivity index (χ2v) is 7.58. The maximum Gasteiger partial charge on any atom is 0.269 e. The smallest absolute Gasteiger partial charge is 0.269 e. The number of carbonyl (C=O) groups excluding carboxylic acids is 2. The van der Waals surface area contributed by atoms with E-state index in [1.54, 1.807) is 30.3 Å². The van der Waals surface area contributed by atoms with Crippen molar-refractivity contribution in [1.82, 2.24) is 4.31 Å². The van der Waals surface area contributed by atoms with Crippen LogP contribution in [0.5, 0.6) is 11.5 Å². The third kappa shape index (κ3) is 2.66. The average Bonchev–Trinajstić information content (AvgIpc) is 3.15. The van der Waals surface area contributed by atoms with Crippen LogP contribution in [-0.2, 0) is 14.8 Å². The highest BCUT2D eigenvalue weighted by molar-refractivity contribution is 7.90. The van der Waals surface area contributed by atoms with Crippen molar-refractivity contribution in [2.75, 3.05) is 18.7 Å². The Balaban J connectivity index is 1.43. The molecule has 2 aromatic carbocycles. The Kier molecular flexibility index (Phi) is 3.80. The third-order valence-corrected chi connectivity index (χ3v) is 5.95. The number of sulfonamides is 1. The van der Waals surface area contributed by atoms with Crippen molar-refractivity contribution in [3.8, 4) is 11.5 Å². The van der Waals surface area contributed by atoms with Crippen molar-refractivity contribution in [2.24, 2.45) is 0 Å². The molecule has 2 aliphatic rings. The van der Waals surface area contributed by atoms with Crippen LogP contribution in [0.25, 0.3) is 0 Å². The predicted molar refractivity (Wildman–Crippen MR) is 90.5 cm³/mol. The molecule has 2 aliphatic heterocycles. The molecule has 2 amide bonds. The standard InChI is InChI=1S/C17H14N2O6S/c20-16(18-11-5-6-13-14(9-11)25-10-24-13)7-8-19-17(21)12-3-1-2-4-15(12)26(19,22)23/h1-6,9H,7-8,10H2,(H,18,20). The van der Waals surface area contributed by atoms with Gasteiger partial charge in [0.2, 0.25) is 12.7 Å². The number of fused-ring (bicyclic) bond motifs is 2. The van der Waals surface area contributed by atoms with E-state index in [0.29, 0.717) is 17.2 Å². The Morgan fingerprint density at radius 2 is 1.88 bits per heavy atom. The van der Waals surface area contributed by atoms with E-state index in [-0.39, 0.29) is 30.2 Å². The van der Waals surface area contributed by atoms with Gasteiger partial charge in [-0.15, -0.1) is 0 Å². The summed E-state index contributed by atoms with van der Waals surface area (Å²) >= 11 is 0. The average molecular weight is 374 g/mol. The first-order valence-corrected chi connectivity index (χ1v) is 9.26. The molecule has 9 heteroatoms. The molecule has 0 aliphatic carbocycles. The highest BCUT2D eigenvalue weighted by atomic mass is 32.2. The largest absolute Gasteiger partial charge is 0.454 e. The molecule has 4 rings (SSSR count). The third-order valence-electron chi connectivity index (χ3n) is 4.11. The van der Waals surface area contributed by atoms with Gasteiger partial charge < -0.3 is 14.8 Å². The van der Waals surface area contributed by atoms with Gasteiger partial charge in [-0.25, -0.2) is 12.7 Å². The maximum atomic E-state index is 12.4. The molecule has 0 atom stereocenters. The molecule has 0 unspecified atom stereocenters. The summed E-state index contributed by atoms with van der Waals surface area (Å²) in [6, 6.07) is 10.9. The van der Waals surface area contributed by atoms with Crippen LogP contribution in [0.3, 0.4) is 0 Å². The first-order chi connectivity index (χ1) is 12.5. The Bertz CT molecular complexity index is 1020. The van der Waals surface area contributed by atoms with Gasteiger partial charge in [0, 0.05) is 24.7 Å². The molecule has 0 aromatic heterocycles. The topological polar surface area (TPSA) is 102 Å². The van der Waals surface area contributed by atoms with Gasteiger partial charge in [-0.1, -0.05) is 12.1 Å². The van der Waals surface area contributed by atoms with E-state index in [4.69, 9.17) is 9.47 Å². The molecule has 134 valence electrons. The molecule has 1 N–H and O–H groups in total. The molecule has 0 saturated heterocycles. The van der Waals surface area contributed by atoms with Crippen LogP contribution in [0.4, 0.5) is 5.69 Å². The van der Waals surface area contributed by atoms with Crippen LogP contribution in [0, 0.1) is 0 Å². The summed E-state index contributed by atoms with van der Waals surface area (Å²) in [6.45, 7) is -0.103. The van der Waals surface area contributed by atoms with Crippen molar-refractivity contribution < 1.29 is 27.5 Å². The first kappa shape index (κ1) is 16.4.